The molecule has 0 atom stereocenters. The molecule has 1 rings (SSSR count). The van der Waals surface area contributed by atoms with Crippen molar-refractivity contribution >= 4 is 5.57 Å². The number of H-pyrrole nitrogens is 1. The summed E-state index contributed by atoms with van der Waals surface area (Å²) >= 11 is 0. The second-order valence-corrected chi connectivity index (χ2v) is 2.42. The topological polar surface area (TPSA) is 41.6 Å². The van der Waals surface area contributed by atoms with E-state index in [4.69, 9.17) is 0 Å². The summed E-state index contributed by atoms with van der Waals surface area (Å²) in [6.07, 6.45) is 1.80. The van der Waals surface area contributed by atoms with Gasteiger partial charge in [-0.15, -0.1) is 0 Å². The first-order valence-electron chi connectivity index (χ1n) is 3.87. The summed E-state index contributed by atoms with van der Waals surface area (Å²) in [6, 6.07) is 0. The average Bonchev–Trinajstić information content (AvgIpc) is 2.50. The lowest BCUT2D eigenvalue weighted by atomic mass is 10.2. The van der Waals surface area contributed by atoms with Crippen molar-refractivity contribution in [2.24, 2.45) is 0 Å². The predicted octanol–water partition coefficient (Wildman–Crippen LogP) is 1.79. The first-order valence-corrected chi connectivity index (χ1v) is 3.87. The summed E-state index contributed by atoms with van der Waals surface area (Å²) < 4.78 is 0. The van der Waals surface area contributed by atoms with Crippen molar-refractivity contribution in [1.29, 1.82) is 0 Å². The van der Waals surface area contributed by atoms with Crippen LogP contribution in [0.3, 0.4) is 0 Å². The van der Waals surface area contributed by atoms with Crippen LogP contribution in [0.1, 0.15) is 31.9 Å². The molecule has 11 heavy (non-hydrogen) atoms. The van der Waals surface area contributed by atoms with Crippen molar-refractivity contribution in [3.05, 3.63) is 18.2 Å². The molecule has 0 amide bonds. The summed E-state index contributed by atoms with van der Waals surface area (Å²) in [7, 11) is 0. The van der Waals surface area contributed by atoms with E-state index in [1.165, 1.54) is 0 Å². The van der Waals surface area contributed by atoms with Crippen LogP contribution in [0.5, 0.6) is 0 Å². The van der Waals surface area contributed by atoms with E-state index in [0.717, 1.165) is 30.1 Å². The van der Waals surface area contributed by atoms with Gasteiger partial charge in [-0.05, 0) is 12.0 Å². The van der Waals surface area contributed by atoms with Crippen molar-refractivity contribution in [3.63, 3.8) is 0 Å². The Balaban J connectivity index is 2.80. The molecule has 3 heteroatoms. The smallest absolute Gasteiger partial charge is 0.176 e. The summed E-state index contributed by atoms with van der Waals surface area (Å²) in [5, 5.41) is 6.87. The molecule has 3 nitrogen and oxygen atoms in total. The van der Waals surface area contributed by atoms with Gasteiger partial charge in [0, 0.05) is 6.42 Å². The minimum atomic E-state index is 0.754. The van der Waals surface area contributed by atoms with Crippen molar-refractivity contribution in [2.45, 2.75) is 26.7 Å². The number of allylic oxidation sites excluding steroid dienone is 1. The largest absolute Gasteiger partial charge is 0.263 e. The lowest BCUT2D eigenvalue weighted by Gasteiger charge is -1.91. The Hall–Kier alpha value is -1.12. The van der Waals surface area contributed by atoms with E-state index >= 15 is 0 Å². The number of nitrogens with one attached hydrogen (secondary N) is 1. The summed E-state index contributed by atoms with van der Waals surface area (Å²) in [5.74, 6) is 1.68. The number of aromatic amines is 1. The van der Waals surface area contributed by atoms with Gasteiger partial charge in [-0.1, -0.05) is 20.4 Å². The Morgan fingerprint density at radius 2 is 2.27 bits per heavy atom. The number of rotatable bonds is 3. The SMILES string of the molecule is C=C(CC)c1n[nH]c(CC)n1. The van der Waals surface area contributed by atoms with Gasteiger partial charge in [-0.25, -0.2) is 4.98 Å². The fourth-order valence-electron chi connectivity index (χ4n) is 0.770. The molecule has 60 valence electrons. The molecule has 0 unspecified atom stereocenters. The maximum atomic E-state index is 4.23. The molecule has 0 aliphatic rings. The second kappa shape index (κ2) is 3.32. The average molecular weight is 151 g/mol. The molecule has 0 bridgehead atoms. The molecule has 0 radical (unpaired) electrons. The number of hydrogen-bond donors (Lipinski definition) is 1. The van der Waals surface area contributed by atoms with Gasteiger partial charge in [-0.2, -0.15) is 5.10 Å². The minimum absolute atomic E-state index is 0.754. The highest BCUT2D eigenvalue weighted by atomic mass is 15.2. The van der Waals surface area contributed by atoms with Crippen molar-refractivity contribution < 1.29 is 0 Å². The van der Waals surface area contributed by atoms with E-state index in [0.29, 0.717) is 0 Å². The van der Waals surface area contributed by atoms with Crippen LogP contribution in [0.4, 0.5) is 0 Å². The normalized spacial score (nSPS) is 10.0. The highest BCUT2D eigenvalue weighted by Crippen LogP contribution is 2.09. The summed E-state index contributed by atoms with van der Waals surface area (Å²) in [4.78, 5) is 4.23. The third kappa shape index (κ3) is 1.67. The van der Waals surface area contributed by atoms with Gasteiger partial charge in [0.15, 0.2) is 5.82 Å². The van der Waals surface area contributed by atoms with E-state index in [1.807, 2.05) is 13.8 Å². The zero-order valence-electron chi connectivity index (χ0n) is 7.02. The number of aromatic nitrogens is 3. The van der Waals surface area contributed by atoms with Crippen LogP contribution >= 0.6 is 0 Å². The van der Waals surface area contributed by atoms with E-state index in [9.17, 15) is 0 Å². The Bertz CT molecular complexity index is 250. The molecule has 1 heterocycles. The van der Waals surface area contributed by atoms with Gasteiger partial charge in [0.05, 0.1) is 0 Å². The van der Waals surface area contributed by atoms with Gasteiger partial charge in [0.1, 0.15) is 5.82 Å². The van der Waals surface area contributed by atoms with Gasteiger partial charge in [0.25, 0.3) is 0 Å². The summed E-state index contributed by atoms with van der Waals surface area (Å²) in [6.45, 7) is 7.93. The minimum Gasteiger partial charge on any atom is -0.263 e. The monoisotopic (exact) mass is 151 g/mol. The standard InChI is InChI=1S/C8H13N3/c1-4-6(3)8-9-7(5-2)10-11-8/h3-5H2,1-2H3,(H,9,10,11). The number of aryl methyl sites for hydroxylation is 1. The molecule has 0 aliphatic heterocycles. The lowest BCUT2D eigenvalue weighted by molar-refractivity contribution is 0.946. The van der Waals surface area contributed by atoms with E-state index in [2.05, 4.69) is 21.8 Å². The highest BCUT2D eigenvalue weighted by molar-refractivity contribution is 5.55. The third-order valence-corrected chi connectivity index (χ3v) is 1.61. The molecule has 0 aromatic carbocycles. The molecule has 1 N–H and O–H groups in total. The fraction of sp³-hybridized carbons (Fsp3) is 0.500. The number of nitrogens with zero attached hydrogens (tertiary/aromatic N) is 2. The van der Waals surface area contributed by atoms with Crippen molar-refractivity contribution in [2.75, 3.05) is 0 Å². The van der Waals surface area contributed by atoms with Gasteiger partial charge < -0.3 is 0 Å². The fourth-order valence-corrected chi connectivity index (χ4v) is 0.770. The Labute approximate surface area is 66.5 Å². The third-order valence-electron chi connectivity index (χ3n) is 1.61. The second-order valence-electron chi connectivity index (χ2n) is 2.42. The molecule has 1 aromatic rings. The van der Waals surface area contributed by atoms with Crippen LogP contribution in [0, 0.1) is 0 Å². The van der Waals surface area contributed by atoms with Crippen molar-refractivity contribution in [3.8, 4) is 0 Å². The summed E-state index contributed by atoms with van der Waals surface area (Å²) in [5.41, 5.74) is 0.987. The maximum absolute atomic E-state index is 4.23. The molecule has 0 saturated heterocycles. The highest BCUT2D eigenvalue weighted by Gasteiger charge is 2.02. The molecule has 0 saturated carbocycles. The molecule has 1 aromatic heterocycles. The predicted molar refractivity (Wildman–Crippen MR) is 45.1 cm³/mol. The van der Waals surface area contributed by atoms with Crippen LogP contribution in [0.25, 0.3) is 5.57 Å². The zero-order valence-corrected chi connectivity index (χ0v) is 7.02. The van der Waals surface area contributed by atoms with Crippen LogP contribution in [0.15, 0.2) is 6.58 Å². The van der Waals surface area contributed by atoms with E-state index < -0.39 is 0 Å². The van der Waals surface area contributed by atoms with Gasteiger partial charge in [0.2, 0.25) is 0 Å². The maximum Gasteiger partial charge on any atom is 0.176 e. The van der Waals surface area contributed by atoms with Crippen LogP contribution < -0.4 is 0 Å². The van der Waals surface area contributed by atoms with E-state index in [1.54, 1.807) is 0 Å². The van der Waals surface area contributed by atoms with Crippen LogP contribution in [-0.2, 0) is 6.42 Å². The quantitative estimate of drug-likeness (QED) is 0.715. The Morgan fingerprint density at radius 1 is 1.55 bits per heavy atom. The van der Waals surface area contributed by atoms with Crippen LogP contribution in [-0.4, -0.2) is 15.2 Å². The molecule has 0 fully saturated rings. The molecule has 0 aliphatic carbocycles. The number of hydrogen-bond acceptors (Lipinski definition) is 2. The molecular weight excluding hydrogens is 138 g/mol. The van der Waals surface area contributed by atoms with Crippen molar-refractivity contribution in [1.82, 2.24) is 15.2 Å². The van der Waals surface area contributed by atoms with Crippen LogP contribution in [0.2, 0.25) is 0 Å². The first kappa shape index (κ1) is 7.98. The zero-order chi connectivity index (χ0) is 8.27. The Kier molecular flexibility index (Phi) is 2.41. The van der Waals surface area contributed by atoms with Gasteiger partial charge in [-0.3, -0.25) is 5.10 Å². The Morgan fingerprint density at radius 3 is 2.73 bits per heavy atom. The molecular formula is C8H13N3. The van der Waals surface area contributed by atoms with E-state index in [-0.39, 0.29) is 0 Å². The first-order chi connectivity index (χ1) is 5.27. The van der Waals surface area contributed by atoms with Gasteiger partial charge >= 0.3 is 0 Å². The molecule has 0 spiro atoms. The lowest BCUT2D eigenvalue weighted by Crippen LogP contribution is -1.84.